The maximum absolute atomic E-state index is 13.1. The molecule has 0 saturated carbocycles. The smallest absolute Gasteiger partial charge is 0.324 e. The van der Waals surface area contributed by atoms with Crippen molar-refractivity contribution < 1.29 is 14.3 Å². The maximum atomic E-state index is 13.1. The number of hydrogen-bond donors (Lipinski definition) is 4. The molecule has 1 saturated heterocycles. The van der Waals surface area contributed by atoms with Gasteiger partial charge in [0.05, 0.1) is 23.5 Å². The molecule has 1 atom stereocenters. The number of carbonyl (C=O) groups is 1. The number of H-pyrrole nitrogens is 1. The predicted octanol–water partition coefficient (Wildman–Crippen LogP) is 4.86. The molecule has 3 aromatic rings. The van der Waals surface area contributed by atoms with Crippen molar-refractivity contribution in [2.24, 2.45) is 5.73 Å². The Hall–Kier alpha value is -3.53. The predicted molar refractivity (Wildman–Crippen MR) is 147 cm³/mol. The Morgan fingerprint density at radius 1 is 1.22 bits per heavy atom. The summed E-state index contributed by atoms with van der Waals surface area (Å²) in [6.45, 7) is 5.90. The molecule has 37 heavy (non-hydrogen) atoms. The van der Waals surface area contributed by atoms with Crippen molar-refractivity contribution in [2.45, 2.75) is 56.0 Å². The molecule has 0 bridgehead atoms. The quantitative estimate of drug-likeness (QED) is 0.0979. The summed E-state index contributed by atoms with van der Waals surface area (Å²) in [6.07, 6.45) is 3.61. The number of carbonyl (C=O) groups excluding carboxylic acids is 1. The van der Waals surface area contributed by atoms with E-state index in [9.17, 15) is 4.79 Å². The number of thioether (sulfide) groups is 1. The number of ether oxygens (including phenoxy) is 2. The number of nitrogens with zero attached hydrogens (tertiary/aromatic N) is 2. The monoisotopic (exact) mass is 522 g/mol. The number of rotatable bonds is 10. The highest BCUT2D eigenvalue weighted by Crippen LogP contribution is 2.37. The Labute approximate surface area is 221 Å². The Kier molecular flexibility index (Phi) is 8.70. The van der Waals surface area contributed by atoms with Gasteiger partial charge in [0, 0.05) is 31.5 Å². The molecule has 4 rings (SSSR count). The van der Waals surface area contributed by atoms with Crippen LogP contribution in [0.4, 0.5) is 0 Å². The van der Waals surface area contributed by atoms with E-state index in [4.69, 9.17) is 26.0 Å². The van der Waals surface area contributed by atoms with E-state index in [2.05, 4.69) is 21.8 Å². The summed E-state index contributed by atoms with van der Waals surface area (Å²) < 4.78 is 11.8. The summed E-state index contributed by atoms with van der Waals surface area (Å²) in [5.74, 6) is 1.03. The summed E-state index contributed by atoms with van der Waals surface area (Å²) in [5.41, 5.74) is 8.52. The minimum absolute atomic E-state index is 0.0132. The molecule has 2 heterocycles. The van der Waals surface area contributed by atoms with Crippen LogP contribution in [0.15, 0.2) is 47.6 Å². The molecule has 0 spiro atoms. The number of amidine groups is 2. The summed E-state index contributed by atoms with van der Waals surface area (Å²) in [6, 6.07) is 12.9. The van der Waals surface area contributed by atoms with E-state index >= 15 is 0 Å². The molecule has 0 amide bonds. The van der Waals surface area contributed by atoms with Crippen LogP contribution in [0.5, 0.6) is 5.75 Å². The van der Waals surface area contributed by atoms with Crippen LogP contribution in [0.1, 0.15) is 55.9 Å². The first kappa shape index (κ1) is 26.5. The minimum Gasteiger partial charge on any atom is -0.490 e. The second-order valence-electron chi connectivity index (χ2n) is 9.17. The Balaban J connectivity index is 1.49. The number of fused-ring (bicyclic) bond motifs is 1. The zero-order valence-electron chi connectivity index (χ0n) is 21.3. The molecule has 1 unspecified atom stereocenters. The first-order valence-electron chi connectivity index (χ1n) is 12.6. The van der Waals surface area contributed by atoms with E-state index < -0.39 is 5.25 Å². The van der Waals surface area contributed by atoms with Crippen molar-refractivity contribution in [1.82, 2.24) is 14.9 Å². The lowest BCUT2D eigenvalue weighted by molar-refractivity contribution is -0.143. The van der Waals surface area contributed by atoms with Gasteiger partial charge in [-0.15, -0.1) is 0 Å². The van der Waals surface area contributed by atoms with E-state index in [1.54, 1.807) is 18.2 Å². The highest BCUT2D eigenvalue weighted by Gasteiger charge is 2.26. The summed E-state index contributed by atoms with van der Waals surface area (Å²) >= 11 is 1.30. The van der Waals surface area contributed by atoms with Crippen molar-refractivity contribution in [3.63, 3.8) is 0 Å². The summed E-state index contributed by atoms with van der Waals surface area (Å²) in [7, 11) is 0. The molecule has 1 aliphatic rings. The molecule has 1 fully saturated rings. The fraction of sp³-hybridized carbons (Fsp3) is 0.407. The van der Waals surface area contributed by atoms with Gasteiger partial charge in [0.2, 0.25) is 0 Å². The first-order chi connectivity index (χ1) is 17.8. The van der Waals surface area contributed by atoms with Crippen LogP contribution >= 0.6 is 11.8 Å². The third-order valence-corrected chi connectivity index (χ3v) is 7.48. The lowest BCUT2D eigenvalue weighted by Crippen LogP contribution is -2.40. The zero-order valence-corrected chi connectivity index (χ0v) is 22.1. The molecular formula is C27H34N6O3S. The fourth-order valence-corrected chi connectivity index (χ4v) is 5.19. The molecule has 9 nitrogen and oxygen atoms in total. The van der Waals surface area contributed by atoms with E-state index in [0.29, 0.717) is 23.2 Å². The van der Waals surface area contributed by atoms with E-state index in [0.717, 1.165) is 61.1 Å². The minimum atomic E-state index is -0.599. The van der Waals surface area contributed by atoms with Crippen LogP contribution in [-0.4, -0.2) is 58.3 Å². The summed E-state index contributed by atoms with van der Waals surface area (Å²) in [4.78, 5) is 23.0. The molecule has 0 aliphatic carbocycles. The van der Waals surface area contributed by atoms with Gasteiger partial charge in [-0.2, -0.15) is 0 Å². The number of likely N-dealkylation sites (tertiary alicyclic amines) is 1. The number of benzene rings is 2. The number of nitrogen functional groups attached to an aromatic ring is 1. The second kappa shape index (κ2) is 12.1. The Bertz CT molecular complexity index is 1250. The molecular weight excluding hydrogens is 488 g/mol. The first-order valence-corrected chi connectivity index (χ1v) is 13.5. The zero-order chi connectivity index (χ0) is 26.4. The lowest BCUT2D eigenvalue weighted by Gasteiger charge is -2.32. The number of aromatic nitrogens is 2. The largest absolute Gasteiger partial charge is 0.490 e. The van der Waals surface area contributed by atoms with Gasteiger partial charge in [-0.1, -0.05) is 37.2 Å². The van der Waals surface area contributed by atoms with Gasteiger partial charge in [0.25, 0.3) is 0 Å². The second-order valence-corrected chi connectivity index (χ2v) is 10.3. The SMILES string of the molecule is CCCCOC(=O)C(Sc1nc2ccc(C(=N)N)cc2[nH]1)c1ccc(OC2CCN(C(C)=N)CC2)cc1. The van der Waals surface area contributed by atoms with Crippen molar-refractivity contribution in [1.29, 1.82) is 10.8 Å². The van der Waals surface area contributed by atoms with Crippen LogP contribution < -0.4 is 10.5 Å². The van der Waals surface area contributed by atoms with Crippen LogP contribution in [0.2, 0.25) is 0 Å². The third kappa shape index (κ3) is 6.82. The van der Waals surface area contributed by atoms with Gasteiger partial charge in [0.1, 0.15) is 22.9 Å². The maximum Gasteiger partial charge on any atom is 0.324 e. The standard InChI is InChI=1S/C27H34N6O3S/c1-3-4-15-35-26(34)24(37-27-31-22-10-7-19(25(29)30)16-23(22)32-27)18-5-8-20(9-6-18)36-21-11-13-33(14-12-21)17(2)28/h5-10,16,21,24,28H,3-4,11-15H2,1-2H3,(H3,29,30)(H,31,32). The molecule has 5 N–H and O–H groups in total. The Morgan fingerprint density at radius 3 is 2.59 bits per heavy atom. The number of piperidine rings is 1. The number of hydrogen-bond acceptors (Lipinski definition) is 7. The summed E-state index contributed by atoms with van der Waals surface area (Å²) in [5, 5.41) is 15.4. The molecule has 196 valence electrons. The van der Waals surface area contributed by atoms with Gasteiger partial charge >= 0.3 is 5.97 Å². The molecule has 1 aromatic heterocycles. The number of imidazole rings is 1. The number of unbranched alkanes of at least 4 members (excludes halogenated alkanes) is 1. The van der Waals surface area contributed by atoms with E-state index in [1.807, 2.05) is 31.2 Å². The van der Waals surface area contributed by atoms with Gasteiger partial charge < -0.3 is 25.1 Å². The molecule has 0 radical (unpaired) electrons. The lowest BCUT2D eigenvalue weighted by atomic mass is 10.1. The number of nitrogens with one attached hydrogen (secondary N) is 3. The van der Waals surface area contributed by atoms with E-state index in [1.165, 1.54) is 11.8 Å². The fourth-order valence-electron chi connectivity index (χ4n) is 4.19. The number of nitrogens with two attached hydrogens (primary N) is 1. The average Bonchev–Trinajstić information content (AvgIpc) is 3.30. The van der Waals surface area contributed by atoms with E-state index in [-0.39, 0.29) is 17.9 Å². The highest BCUT2D eigenvalue weighted by atomic mass is 32.2. The van der Waals surface area contributed by atoms with Crippen molar-refractivity contribution >= 4 is 40.4 Å². The van der Waals surface area contributed by atoms with Crippen LogP contribution in [-0.2, 0) is 9.53 Å². The topological polar surface area (TPSA) is 141 Å². The van der Waals surface area contributed by atoms with Crippen molar-refractivity contribution in [3.8, 4) is 5.75 Å². The van der Waals surface area contributed by atoms with Gasteiger partial charge in [-0.25, -0.2) is 4.98 Å². The Morgan fingerprint density at radius 2 is 1.95 bits per heavy atom. The van der Waals surface area contributed by atoms with Crippen molar-refractivity contribution in [3.05, 3.63) is 53.6 Å². The molecule has 2 aromatic carbocycles. The highest BCUT2D eigenvalue weighted by molar-refractivity contribution is 8.00. The van der Waals surface area contributed by atoms with Gasteiger partial charge in [-0.3, -0.25) is 15.6 Å². The van der Waals surface area contributed by atoms with Crippen molar-refractivity contribution in [2.75, 3.05) is 19.7 Å². The molecule has 10 heteroatoms. The van der Waals surface area contributed by atoms with Gasteiger partial charge in [-0.05, 0) is 49.2 Å². The van der Waals surface area contributed by atoms with Crippen LogP contribution in [0, 0.1) is 10.8 Å². The number of aromatic amines is 1. The van der Waals surface area contributed by atoms with Crippen LogP contribution in [0.25, 0.3) is 11.0 Å². The van der Waals surface area contributed by atoms with Crippen LogP contribution in [0.3, 0.4) is 0 Å². The number of esters is 1. The normalized spacial score (nSPS) is 14.9. The van der Waals surface area contributed by atoms with Gasteiger partial charge in [0.15, 0.2) is 5.16 Å². The molecule has 1 aliphatic heterocycles. The third-order valence-electron chi connectivity index (χ3n) is 6.36. The average molecular weight is 523 g/mol.